The third kappa shape index (κ3) is 3.89. The molecule has 0 atom stereocenters. The van der Waals surface area contributed by atoms with Crippen LogP contribution in [0.4, 0.5) is 0 Å². The predicted octanol–water partition coefficient (Wildman–Crippen LogP) is 0.240. The predicted molar refractivity (Wildman–Crippen MR) is 65.8 cm³/mol. The van der Waals surface area contributed by atoms with Gasteiger partial charge in [-0.25, -0.2) is 9.97 Å². The molecule has 1 saturated heterocycles. The summed E-state index contributed by atoms with van der Waals surface area (Å²) in [6, 6.07) is 0. The van der Waals surface area contributed by atoms with Crippen molar-refractivity contribution in [1.82, 2.24) is 19.8 Å². The largest absolute Gasteiger partial charge is 0.395 e. The lowest BCUT2D eigenvalue weighted by molar-refractivity contribution is 0.108. The second-order valence-electron chi connectivity index (χ2n) is 4.20. The van der Waals surface area contributed by atoms with Crippen molar-refractivity contribution in [2.75, 3.05) is 39.3 Å². The van der Waals surface area contributed by atoms with E-state index in [2.05, 4.69) is 19.8 Å². The minimum Gasteiger partial charge on any atom is -0.395 e. The monoisotopic (exact) mass is 256 g/mol. The van der Waals surface area contributed by atoms with Crippen molar-refractivity contribution in [3.8, 4) is 0 Å². The molecule has 0 spiro atoms. The molecule has 2 heterocycles. The Morgan fingerprint density at radius 1 is 1.12 bits per heavy atom. The molecule has 1 aliphatic heterocycles. The molecule has 0 bridgehead atoms. The fourth-order valence-electron chi connectivity index (χ4n) is 1.99. The normalized spacial score (nSPS) is 18.5. The van der Waals surface area contributed by atoms with Crippen LogP contribution >= 0.6 is 11.6 Å². The molecule has 17 heavy (non-hydrogen) atoms. The van der Waals surface area contributed by atoms with Gasteiger partial charge in [-0.1, -0.05) is 0 Å². The van der Waals surface area contributed by atoms with Crippen LogP contribution in [0, 0.1) is 0 Å². The Morgan fingerprint density at radius 3 is 2.29 bits per heavy atom. The average molecular weight is 257 g/mol. The molecule has 1 aromatic rings. The van der Waals surface area contributed by atoms with Crippen LogP contribution < -0.4 is 0 Å². The van der Waals surface area contributed by atoms with Gasteiger partial charge in [0.2, 0.25) is 5.28 Å². The Hall–Kier alpha value is -0.750. The summed E-state index contributed by atoms with van der Waals surface area (Å²) < 4.78 is 0. The maximum Gasteiger partial charge on any atom is 0.222 e. The van der Waals surface area contributed by atoms with Gasteiger partial charge in [0.25, 0.3) is 0 Å². The lowest BCUT2D eigenvalue weighted by atomic mass is 10.2. The summed E-state index contributed by atoms with van der Waals surface area (Å²) in [5, 5.41) is 9.15. The molecule has 0 amide bonds. The molecule has 0 aliphatic carbocycles. The van der Waals surface area contributed by atoms with Crippen molar-refractivity contribution in [2.45, 2.75) is 6.54 Å². The van der Waals surface area contributed by atoms with Crippen LogP contribution in [0.3, 0.4) is 0 Å². The molecule has 1 fully saturated rings. The van der Waals surface area contributed by atoms with Gasteiger partial charge in [-0.15, -0.1) is 0 Å². The van der Waals surface area contributed by atoms with Crippen LogP contribution in [0.1, 0.15) is 5.56 Å². The standard InChI is InChI=1S/C11H17ClN4O/c12-11-13-7-10(8-14-11)9-16-3-1-15(2-4-16)5-6-17/h7-8,17H,1-6,9H2. The van der Waals surface area contributed by atoms with Gasteiger partial charge >= 0.3 is 0 Å². The number of piperazine rings is 1. The van der Waals surface area contributed by atoms with Crippen LogP contribution in [0.2, 0.25) is 5.28 Å². The number of aromatic nitrogens is 2. The van der Waals surface area contributed by atoms with Crippen molar-refractivity contribution in [2.24, 2.45) is 0 Å². The Kier molecular flexibility index (Phi) is 4.67. The first-order valence-electron chi connectivity index (χ1n) is 5.80. The lowest BCUT2D eigenvalue weighted by Gasteiger charge is -2.34. The summed E-state index contributed by atoms with van der Waals surface area (Å²) in [5.74, 6) is 0. The van der Waals surface area contributed by atoms with E-state index in [-0.39, 0.29) is 6.61 Å². The van der Waals surface area contributed by atoms with Gasteiger partial charge in [0.05, 0.1) is 6.61 Å². The summed E-state index contributed by atoms with van der Waals surface area (Å²) in [7, 11) is 0. The minimum atomic E-state index is 0.241. The average Bonchev–Trinajstić information content (AvgIpc) is 2.35. The molecule has 2 rings (SSSR count). The summed E-state index contributed by atoms with van der Waals surface area (Å²) in [4.78, 5) is 12.6. The molecule has 6 heteroatoms. The first kappa shape index (κ1) is 12.7. The van der Waals surface area contributed by atoms with Crippen LogP contribution in [-0.2, 0) is 6.54 Å². The quantitative estimate of drug-likeness (QED) is 0.783. The highest BCUT2D eigenvalue weighted by atomic mass is 35.5. The zero-order valence-electron chi connectivity index (χ0n) is 9.72. The number of hydrogen-bond donors (Lipinski definition) is 1. The van der Waals surface area contributed by atoms with Gasteiger partial charge in [-0.05, 0) is 11.6 Å². The lowest BCUT2D eigenvalue weighted by Crippen LogP contribution is -2.46. The molecule has 5 nitrogen and oxygen atoms in total. The van der Waals surface area contributed by atoms with Gasteiger partial charge in [0.1, 0.15) is 0 Å². The van der Waals surface area contributed by atoms with E-state index in [9.17, 15) is 0 Å². The van der Waals surface area contributed by atoms with Gasteiger partial charge in [-0.3, -0.25) is 9.80 Å². The number of nitrogens with zero attached hydrogens (tertiary/aromatic N) is 4. The van der Waals surface area contributed by atoms with Crippen molar-refractivity contribution in [3.05, 3.63) is 23.2 Å². The number of hydrogen-bond acceptors (Lipinski definition) is 5. The van der Waals surface area contributed by atoms with Crippen LogP contribution in [0.5, 0.6) is 0 Å². The second kappa shape index (κ2) is 6.26. The Bertz CT molecular complexity index is 338. The van der Waals surface area contributed by atoms with Gasteiger partial charge < -0.3 is 5.11 Å². The highest BCUT2D eigenvalue weighted by Crippen LogP contribution is 2.08. The summed E-state index contributed by atoms with van der Waals surface area (Å²) in [5.41, 5.74) is 1.09. The highest BCUT2D eigenvalue weighted by molar-refractivity contribution is 6.28. The molecule has 1 aromatic heterocycles. The van der Waals surface area contributed by atoms with E-state index < -0.39 is 0 Å². The fraction of sp³-hybridized carbons (Fsp3) is 0.636. The minimum absolute atomic E-state index is 0.241. The van der Waals surface area contributed by atoms with Crippen LogP contribution in [0.15, 0.2) is 12.4 Å². The Balaban J connectivity index is 1.79. The van der Waals surface area contributed by atoms with Crippen molar-refractivity contribution >= 4 is 11.6 Å². The van der Waals surface area contributed by atoms with Gasteiger partial charge in [0.15, 0.2) is 0 Å². The van der Waals surface area contributed by atoms with E-state index in [1.165, 1.54) is 0 Å². The summed E-state index contributed by atoms with van der Waals surface area (Å²) in [6.45, 7) is 5.93. The van der Waals surface area contributed by atoms with Gasteiger partial charge in [-0.2, -0.15) is 0 Å². The summed E-state index contributed by atoms with van der Waals surface area (Å²) >= 11 is 5.64. The molecule has 0 radical (unpaired) electrons. The topological polar surface area (TPSA) is 52.5 Å². The smallest absolute Gasteiger partial charge is 0.222 e. The van der Waals surface area contributed by atoms with E-state index >= 15 is 0 Å². The summed E-state index contributed by atoms with van der Waals surface area (Å²) in [6.07, 6.45) is 3.55. The third-order valence-corrected chi connectivity index (χ3v) is 3.16. The highest BCUT2D eigenvalue weighted by Gasteiger charge is 2.16. The number of halogens is 1. The molecular formula is C11H17ClN4O. The number of aliphatic hydroxyl groups is 1. The van der Waals surface area contributed by atoms with Crippen molar-refractivity contribution < 1.29 is 5.11 Å². The molecule has 0 unspecified atom stereocenters. The molecule has 1 aliphatic rings. The van der Waals surface area contributed by atoms with E-state index in [4.69, 9.17) is 16.7 Å². The molecule has 1 N–H and O–H groups in total. The van der Waals surface area contributed by atoms with E-state index in [0.717, 1.165) is 44.8 Å². The van der Waals surface area contributed by atoms with Gasteiger partial charge in [0, 0.05) is 57.2 Å². The fourth-order valence-corrected chi connectivity index (χ4v) is 2.09. The molecular weight excluding hydrogens is 240 g/mol. The van der Waals surface area contributed by atoms with E-state index in [0.29, 0.717) is 5.28 Å². The van der Waals surface area contributed by atoms with Crippen LogP contribution in [0.25, 0.3) is 0 Å². The van der Waals surface area contributed by atoms with Crippen molar-refractivity contribution in [1.29, 1.82) is 0 Å². The molecule has 0 saturated carbocycles. The molecule has 0 aromatic carbocycles. The van der Waals surface area contributed by atoms with Crippen molar-refractivity contribution in [3.63, 3.8) is 0 Å². The van der Waals surface area contributed by atoms with E-state index in [1.54, 1.807) is 12.4 Å². The Morgan fingerprint density at radius 2 is 1.71 bits per heavy atom. The van der Waals surface area contributed by atoms with E-state index in [1.807, 2.05) is 0 Å². The zero-order valence-corrected chi connectivity index (χ0v) is 10.5. The SMILES string of the molecule is OCCN1CCN(Cc2cnc(Cl)nc2)CC1. The first-order chi connectivity index (χ1) is 8.28. The third-order valence-electron chi connectivity index (χ3n) is 2.96. The zero-order chi connectivity index (χ0) is 12.1. The maximum absolute atomic E-state index is 8.86. The number of β-amino-alcohol motifs (C(OH)–C–C–N with tert-alkyl or cyclic N) is 1. The number of rotatable bonds is 4. The maximum atomic E-state index is 8.86. The molecule has 94 valence electrons. The Labute approximate surface area is 106 Å². The second-order valence-corrected chi connectivity index (χ2v) is 4.54. The number of aliphatic hydroxyl groups excluding tert-OH is 1. The van der Waals surface area contributed by atoms with Crippen LogP contribution in [-0.4, -0.2) is 64.2 Å². The first-order valence-corrected chi connectivity index (χ1v) is 6.18.